The minimum Gasteiger partial charge on any atom is -0.598 e. The summed E-state index contributed by atoms with van der Waals surface area (Å²) >= 11 is 0.188. The van der Waals surface area contributed by atoms with Gasteiger partial charge in [-0.05, 0) is 32.4 Å². The number of thiophene rings is 1. The Balaban J connectivity index is 2.26. The van der Waals surface area contributed by atoms with Gasteiger partial charge in [-0.1, -0.05) is 30.3 Å². The lowest BCUT2D eigenvalue weighted by molar-refractivity contribution is -0.145. The van der Waals surface area contributed by atoms with Crippen LogP contribution in [-0.4, -0.2) is 21.1 Å². The second kappa shape index (κ2) is 8.68. The molecule has 0 aliphatic rings. The van der Waals surface area contributed by atoms with Gasteiger partial charge < -0.3 is 9.39 Å². The van der Waals surface area contributed by atoms with Crippen molar-refractivity contribution in [2.45, 2.75) is 38.5 Å². The first-order chi connectivity index (χ1) is 12.2. The zero-order chi connectivity index (χ0) is 19.3. The second-order valence-corrected chi connectivity index (χ2v) is 9.59. The summed E-state index contributed by atoms with van der Waals surface area (Å²) in [7, 11) is 0. The number of carbonyl (C=O) groups excluding carboxylic acids is 1. The molecular weight excluding hydrogens is 370 g/mol. The van der Waals surface area contributed by atoms with E-state index in [-0.39, 0.29) is 11.9 Å². The zero-order valence-electron chi connectivity index (χ0n) is 15.2. The first-order valence-corrected chi connectivity index (χ1v) is 10.0. The molecule has 0 saturated heterocycles. The van der Waals surface area contributed by atoms with Gasteiger partial charge in [-0.25, -0.2) is 5.48 Å². The summed E-state index contributed by atoms with van der Waals surface area (Å²) in [5.41, 5.74) is 3.89. The quantitative estimate of drug-likeness (QED) is 0.313. The highest BCUT2D eigenvalue weighted by atomic mass is 32.2. The summed E-state index contributed by atoms with van der Waals surface area (Å²) < 4.78 is 15.4. The Kier molecular flexibility index (Phi) is 6.82. The molecule has 1 aromatic carbocycles. The fourth-order valence-corrected chi connectivity index (χ4v) is 3.92. The van der Waals surface area contributed by atoms with E-state index in [1.165, 1.54) is 18.3 Å². The largest absolute Gasteiger partial charge is 0.598 e. The lowest BCUT2D eigenvalue weighted by Gasteiger charge is -2.27. The molecule has 140 valence electrons. The summed E-state index contributed by atoms with van der Waals surface area (Å²) in [5, 5.41) is 9.76. The van der Waals surface area contributed by atoms with Crippen molar-refractivity contribution >= 4 is 34.5 Å². The Hall–Kier alpha value is -1.87. The number of rotatable bonds is 5. The molecule has 1 heterocycles. The minimum atomic E-state index is -1.26. The molecule has 0 spiro atoms. The van der Waals surface area contributed by atoms with E-state index in [4.69, 9.17) is 5.41 Å². The van der Waals surface area contributed by atoms with Crippen molar-refractivity contribution in [2.75, 3.05) is 0 Å². The molecule has 2 atom stereocenters. The van der Waals surface area contributed by atoms with E-state index in [0.29, 0.717) is 5.56 Å². The smallest absolute Gasteiger partial charge is 0.329 e. The molecule has 0 amide bonds. The normalized spacial score (nSPS) is 13.7. The third kappa shape index (κ3) is 5.57. The van der Waals surface area contributed by atoms with Crippen LogP contribution in [0.5, 0.6) is 0 Å². The minimum absolute atomic E-state index is 0.00791. The summed E-state index contributed by atoms with van der Waals surface area (Å²) in [6.45, 7) is 7.00. The van der Waals surface area contributed by atoms with Gasteiger partial charge in [0.25, 0.3) is 0 Å². The van der Waals surface area contributed by atoms with Crippen LogP contribution in [0.4, 0.5) is 0 Å². The molecule has 6 nitrogen and oxygen atoms in total. The Morgan fingerprint density at radius 1 is 1.31 bits per heavy atom. The summed E-state index contributed by atoms with van der Waals surface area (Å²) in [5.74, 6) is -0.527. The molecule has 3 N–H and O–H groups in total. The maximum absolute atomic E-state index is 12.6. The highest BCUT2D eigenvalue weighted by Gasteiger charge is 2.31. The van der Waals surface area contributed by atoms with Gasteiger partial charge in [0, 0.05) is 34.1 Å². The average Bonchev–Trinajstić information content (AvgIpc) is 3.07. The van der Waals surface area contributed by atoms with Crippen molar-refractivity contribution in [2.24, 2.45) is 0 Å². The summed E-state index contributed by atoms with van der Waals surface area (Å²) in [6, 6.07) is 11.3. The number of nitrogens with one attached hydrogen (secondary N) is 3. The molecule has 0 saturated carbocycles. The molecule has 2 aromatic rings. The highest BCUT2D eigenvalue weighted by Crippen LogP contribution is 2.30. The molecular formula is C18H23N3O3S2. The van der Waals surface area contributed by atoms with Gasteiger partial charge >= 0.3 is 5.97 Å². The highest BCUT2D eigenvalue weighted by molar-refractivity contribution is 7.90. The van der Waals surface area contributed by atoms with Crippen molar-refractivity contribution in [3.05, 3.63) is 57.8 Å². The standard InChI is InChI=1S/C18H23N3O3S2/c1-12(22)24-20-17(19)14-10-15(25-11-14)16(13-8-6-5-7-9-13)21-26(23)18(2,3)4/h5-11,16,21H,1-4H3,(H2,19,20). The van der Waals surface area contributed by atoms with Crippen LogP contribution in [0.3, 0.4) is 0 Å². The second-order valence-electron chi connectivity index (χ2n) is 6.65. The van der Waals surface area contributed by atoms with Crippen molar-refractivity contribution in [1.29, 1.82) is 5.41 Å². The Morgan fingerprint density at radius 3 is 2.54 bits per heavy atom. The Labute approximate surface area is 160 Å². The van der Waals surface area contributed by atoms with Crippen molar-refractivity contribution < 1.29 is 14.2 Å². The van der Waals surface area contributed by atoms with Crippen molar-refractivity contribution in [3.8, 4) is 0 Å². The number of hydrogen-bond donors (Lipinski definition) is 3. The molecule has 26 heavy (non-hydrogen) atoms. The van der Waals surface area contributed by atoms with E-state index >= 15 is 0 Å². The molecule has 8 heteroatoms. The summed E-state index contributed by atoms with van der Waals surface area (Å²) in [4.78, 5) is 16.4. The van der Waals surface area contributed by atoms with Gasteiger partial charge in [0.1, 0.15) is 10.8 Å². The van der Waals surface area contributed by atoms with Crippen LogP contribution >= 0.6 is 11.3 Å². The van der Waals surface area contributed by atoms with Crippen LogP contribution in [0.15, 0.2) is 41.8 Å². The number of amidine groups is 1. The SMILES string of the molecule is CC(=O)ONC(=N)c1csc(C(N[S+]([O-])C(C)(C)C)c2ccccc2)c1. The Bertz CT molecular complexity index is 757. The van der Waals surface area contributed by atoms with Gasteiger partial charge in [0.05, 0.1) is 0 Å². The molecule has 0 bridgehead atoms. The number of benzene rings is 1. The predicted molar refractivity (Wildman–Crippen MR) is 105 cm³/mol. The molecule has 0 aliphatic carbocycles. The summed E-state index contributed by atoms with van der Waals surface area (Å²) in [6.07, 6.45) is 0. The topological polar surface area (TPSA) is 97.3 Å². The average molecular weight is 394 g/mol. The number of hydroxylamine groups is 1. The number of hydrogen-bond acceptors (Lipinski definition) is 6. The van der Waals surface area contributed by atoms with E-state index in [2.05, 4.69) is 15.0 Å². The third-order valence-electron chi connectivity index (χ3n) is 3.40. The third-order valence-corrected chi connectivity index (χ3v) is 5.96. The fourth-order valence-electron chi connectivity index (χ4n) is 2.04. The van der Waals surface area contributed by atoms with Crippen molar-refractivity contribution in [3.63, 3.8) is 0 Å². The predicted octanol–water partition coefficient (Wildman–Crippen LogP) is 3.28. The van der Waals surface area contributed by atoms with Crippen LogP contribution in [0.25, 0.3) is 0 Å². The number of carbonyl (C=O) groups is 1. The van der Waals surface area contributed by atoms with Crippen LogP contribution in [-0.2, 0) is 21.0 Å². The van der Waals surface area contributed by atoms with Gasteiger partial charge in [0.2, 0.25) is 0 Å². The first kappa shape index (κ1) is 20.4. The Morgan fingerprint density at radius 2 is 1.96 bits per heavy atom. The molecule has 2 rings (SSSR count). The lowest BCUT2D eigenvalue weighted by Crippen LogP contribution is -2.41. The maximum Gasteiger partial charge on any atom is 0.329 e. The van der Waals surface area contributed by atoms with Crippen LogP contribution < -0.4 is 10.2 Å². The van der Waals surface area contributed by atoms with Crippen LogP contribution in [0, 0.1) is 5.41 Å². The van der Waals surface area contributed by atoms with Crippen molar-refractivity contribution in [1.82, 2.24) is 10.2 Å². The molecule has 1 aromatic heterocycles. The van der Waals surface area contributed by atoms with Gasteiger partial charge in [-0.2, -0.15) is 0 Å². The van der Waals surface area contributed by atoms with Gasteiger partial charge in [0.15, 0.2) is 5.84 Å². The molecule has 0 radical (unpaired) electrons. The van der Waals surface area contributed by atoms with Crippen LogP contribution in [0.2, 0.25) is 0 Å². The van der Waals surface area contributed by atoms with E-state index in [1.54, 1.807) is 5.38 Å². The molecule has 0 aliphatic heterocycles. The maximum atomic E-state index is 12.6. The zero-order valence-corrected chi connectivity index (χ0v) is 16.8. The lowest BCUT2D eigenvalue weighted by atomic mass is 10.1. The fraction of sp³-hybridized carbons (Fsp3) is 0.333. The van der Waals surface area contributed by atoms with E-state index in [0.717, 1.165) is 10.4 Å². The van der Waals surface area contributed by atoms with Gasteiger partial charge in [-0.15, -0.1) is 16.1 Å². The van der Waals surface area contributed by atoms with Gasteiger partial charge in [-0.3, -0.25) is 10.2 Å². The molecule has 0 fully saturated rings. The van der Waals surface area contributed by atoms with E-state index in [9.17, 15) is 9.35 Å². The molecule has 2 unspecified atom stereocenters. The first-order valence-electron chi connectivity index (χ1n) is 8.02. The monoisotopic (exact) mass is 393 g/mol. The van der Waals surface area contributed by atoms with E-state index in [1.807, 2.05) is 57.2 Å². The van der Waals surface area contributed by atoms with E-state index < -0.39 is 22.1 Å². The van der Waals surface area contributed by atoms with Crippen LogP contribution in [0.1, 0.15) is 49.7 Å².